The highest BCUT2D eigenvalue weighted by Crippen LogP contribution is 2.44. The molecule has 26 heavy (non-hydrogen) atoms. The number of nitrogen functional groups attached to an aromatic ring is 1. The number of cyclic esters (lactones) is 1. The zero-order valence-corrected chi connectivity index (χ0v) is 15.0. The normalized spacial score (nSPS) is 27.7. The van der Waals surface area contributed by atoms with E-state index in [2.05, 4.69) is 15.5 Å². The summed E-state index contributed by atoms with van der Waals surface area (Å²) < 4.78 is 5.16. The van der Waals surface area contributed by atoms with Crippen molar-refractivity contribution in [2.24, 2.45) is 5.16 Å². The van der Waals surface area contributed by atoms with E-state index in [0.29, 0.717) is 5.75 Å². The molecule has 0 bridgehead atoms. The van der Waals surface area contributed by atoms with Gasteiger partial charge in [0.05, 0.1) is 0 Å². The molecule has 1 saturated heterocycles. The minimum Gasteiger partial charge on any atom is -0.453 e. The summed E-state index contributed by atoms with van der Waals surface area (Å²) in [5, 5.41) is 15.9. The van der Waals surface area contributed by atoms with Crippen LogP contribution in [0.15, 0.2) is 21.8 Å². The third-order valence-corrected chi connectivity index (χ3v) is 6.31. The molecular weight excluding hydrogens is 382 g/mol. The molecule has 2 amide bonds. The number of carbonyl (C=O) groups excluding carboxylic acids is 3. The van der Waals surface area contributed by atoms with Crippen LogP contribution in [0.1, 0.15) is 12.6 Å². The van der Waals surface area contributed by atoms with Gasteiger partial charge in [0.2, 0.25) is 0 Å². The predicted octanol–water partition coefficient (Wildman–Crippen LogP) is -0.497. The van der Waals surface area contributed by atoms with Crippen molar-refractivity contribution in [1.29, 1.82) is 0 Å². The minimum absolute atomic E-state index is 0.116. The van der Waals surface area contributed by atoms with Crippen LogP contribution in [0.4, 0.5) is 5.13 Å². The summed E-state index contributed by atoms with van der Waals surface area (Å²) in [5.74, 6) is -1.15. The molecule has 1 aromatic rings. The Morgan fingerprint density at radius 3 is 2.96 bits per heavy atom. The van der Waals surface area contributed by atoms with Crippen molar-refractivity contribution < 1.29 is 24.3 Å². The Morgan fingerprint density at radius 2 is 2.31 bits per heavy atom. The van der Waals surface area contributed by atoms with Crippen molar-refractivity contribution in [3.63, 3.8) is 0 Å². The van der Waals surface area contributed by atoms with Crippen molar-refractivity contribution in [3.8, 4) is 0 Å². The van der Waals surface area contributed by atoms with Crippen LogP contribution in [0.2, 0.25) is 0 Å². The fourth-order valence-electron chi connectivity index (χ4n) is 3.05. The highest BCUT2D eigenvalue weighted by molar-refractivity contribution is 8.00. The number of β-lactam (4-membered cyclic amide) rings is 1. The molecule has 4 rings (SSSR count). The van der Waals surface area contributed by atoms with Gasteiger partial charge in [-0.25, -0.2) is 9.78 Å². The van der Waals surface area contributed by atoms with E-state index < -0.39 is 29.2 Å². The van der Waals surface area contributed by atoms with Crippen molar-refractivity contribution >= 4 is 51.7 Å². The van der Waals surface area contributed by atoms with Gasteiger partial charge in [0, 0.05) is 16.7 Å². The predicted molar refractivity (Wildman–Crippen MR) is 92.5 cm³/mol. The first-order valence-corrected chi connectivity index (χ1v) is 9.48. The van der Waals surface area contributed by atoms with Crippen LogP contribution in [0.5, 0.6) is 0 Å². The fourth-order valence-corrected chi connectivity index (χ4v) is 5.05. The standard InChI is InChI=1S/C14H13N5O5S2/c1-4-5-2-25-12-8(11(21)19(12)9(5)13(22)24-4)17-10(20)7(18-23)6-3-26-14(15)16-6/h3-4,8,12,23H,2H2,1H3,(H2,15,16)(H,17,20)/b18-7-/t4-,8-,12-/m1/s1. The van der Waals surface area contributed by atoms with Crippen LogP contribution in [0.25, 0.3) is 0 Å². The van der Waals surface area contributed by atoms with Crippen molar-refractivity contribution in [3.05, 3.63) is 22.3 Å². The number of aromatic nitrogens is 1. The fraction of sp³-hybridized carbons (Fsp3) is 0.357. The Hall–Kier alpha value is -2.60. The summed E-state index contributed by atoms with van der Waals surface area (Å²) in [6.45, 7) is 1.76. The largest absolute Gasteiger partial charge is 0.453 e. The van der Waals surface area contributed by atoms with Crippen LogP contribution < -0.4 is 11.1 Å². The summed E-state index contributed by atoms with van der Waals surface area (Å²) in [7, 11) is 0. The van der Waals surface area contributed by atoms with Crippen molar-refractivity contribution in [2.75, 3.05) is 11.5 Å². The van der Waals surface area contributed by atoms with Gasteiger partial charge in [0.25, 0.3) is 11.8 Å². The number of thioether (sulfide) groups is 1. The number of hydrogen-bond acceptors (Lipinski definition) is 10. The molecule has 0 spiro atoms. The first-order chi connectivity index (χ1) is 12.4. The van der Waals surface area contributed by atoms with Gasteiger partial charge in [-0.15, -0.1) is 23.1 Å². The summed E-state index contributed by atoms with van der Waals surface area (Å²) in [5.41, 5.74) is 6.36. The molecule has 10 nitrogen and oxygen atoms in total. The molecule has 0 unspecified atom stereocenters. The average Bonchev–Trinajstić information content (AvgIpc) is 3.15. The molecule has 136 valence electrons. The second-order valence-corrected chi connectivity index (χ2v) is 7.80. The Kier molecular flexibility index (Phi) is 3.88. The maximum absolute atomic E-state index is 12.5. The lowest BCUT2D eigenvalue weighted by Crippen LogP contribution is -2.70. The quantitative estimate of drug-likeness (QED) is 0.204. The zero-order valence-electron chi connectivity index (χ0n) is 13.3. The maximum atomic E-state index is 12.5. The number of amides is 2. The number of oxime groups is 1. The summed E-state index contributed by atoms with van der Waals surface area (Å²) in [6.07, 6.45) is -0.351. The van der Waals surface area contributed by atoms with Gasteiger partial charge in [-0.05, 0) is 6.92 Å². The second kappa shape index (κ2) is 5.99. The van der Waals surface area contributed by atoms with Gasteiger partial charge in [0.15, 0.2) is 10.8 Å². The topological polar surface area (TPSA) is 147 Å². The highest BCUT2D eigenvalue weighted by atomic mass is 32.2. The highest BCUT2D eigenvalue weighted by Gasteiger charge is 2.56. The number of esters is 1. The lowest BCUT2D eigenvalue weighted by molar-refractivity contribution is -0.151. The lowest BCUT2D eigenvalue weighted by Gasteiger charge is -2.48. The number of hydrogen-bond donors (Lipinski definition) is 3. The van der Waals surface area contributed by atoms with Crippen LogP contribution in [-0.4, -0.2) is 61.9 Å². The van der Waals surface area contributed by atoms with Crippen LogP contribution in [-0.2, 0) is 19.1 Å². The number of fused-ring (bicyclic) bond motifs is 2. The van der Waals surface area contributed by atoms with Crippen LogP contribution in [0.3, 0.4) is 0 Å². The molecule has 1 fully saturated rings. The minimum atomic E-state index is -0.835. The lowest BCUT2D eigenvalue weighted by atomic mass is 10.0. The number of anilines is 1. The molecule has 3 atom stereocenters. The third-order valence-electron chi connectivity index (χ3n) is 4.33. The average molecular weight is 395 g/mol. The van der Waals surface area contributed by atoms with E-state index in [4.69, 9.17) is 15.7 Å². The number of nitrogens with zero attached hydrogens (tertiary/aromatic N) is 3. The van der Waals surface area contributed by atoms with E-state index in [9.17, 15) is 14.4 Å². The summed E-state index contributed by atoms with van der Waals surface area (Å²) >= 11 is 2.52. The molecule has 1 aromatic heterocycles. The molecule has 0 aliphatic carbocycles. The van der Waals surface area contributed by atoms with Gasteiger partial charge >= 0.3 is 5.97 Å². The molecule has 0 aromatic carbocycles. The number of thiazole rings is 1. The smallest absolute Gasteiger partial charge is 0.355 e. The van der Waals surface area contributed by atoms with E-state index >= 15 is 0 Å². The van der Waals surface area contributed by atoms with Gasteiger partial charge in [0.1, 0.15) is 28.9 Å². The number of rotatable bonds is 3. The van der Waals surface area contributed by atoms with Gasteiger partial charge in [-0.2, -0.15) is 0 Å². The van der Waals surface area contributed by atoms with E-state index in [-0.39, 0.29) is 28.3 Å². The molecule has 0 radical (unpaired) electrons. The number of ether oxygens (including phenoxy) is 1. The number of nitrogens with one attached hydrogen (secondary N) is 1. The number of carbonyl (C=O) groups is 3. The molecule has 3 aliphatic heterocycles. The van der Waals surface area contributed by atoms with E-state index in [0.717, 1.165) is 16.9 Å². The monoisotopic (exact) mass is 395 g/mol. The van der Waals surface area contributed by atoms with Crippen molar-refractivity contribution in [2.45, 2.75) is 24.4 Å². The van der Waals surface area contributed by atoms with E-state index in [1.165, 1.54) is 22.0 Å². The van der Waals surface area contributed by atoms with E-state index in [1.54, 1.807) is 6.92 Å². The summed E-state index contributed by atoms with van der Waals surface area (Å²) in [6, 6.07) is -0.835. The maximum Gasteiger partial charge on any atom is 0.355 e. The van der Waals surface area contributed by atoms with Crippen LogP contribution in [0, 0.1) is 0 Å². The first kappa shape index (κ1) is 16.8. The molecular formula is C14H13N5O5S2. The Morgan fingerprint density at radius 1 is 1.54 bits per heavy atom. The molecule has 4 heterocycles. The Balaban J connectivity index is 1.51. The Bertz CT molecular complexity index is 894. The van der Waals surface area contributed by atoms with Gasteiger partial charge in [-0.1, -0.05) is 5.16 Å². The molecule has 3 aliphatic rings. The summed E-state index contributed by atoms with van der Waals surface area (Å²) in [4.78, 5) is 42.1. The first-order valence-electron chi connectivity index (χ1n) is 7.55. The second-order valence-electron chi connectivity index (χ2n) is 5.80. The van der Waals surface area contributed by atoms with Gasteiger partial charge < -0.3 is 21.0 Å². The molecule has 0 saturated carbocycles. The van der Waals surface area contributed by atoms with Gasteiger partial charge in [-0.3, -0.25) is 14.5 Å². The molecule has 4 N–H and O–H groups in total. The third kappa shape index (κ3) is 2.36. The Labute approximate surface area is 155 Å². The zero-order chi connectivity index (χ0) is 18.6. The number of nitrogens with two attached hydrogens (primary N) is 1. The van der Waals surface area contributed by atoms with Crippen LogP contribution >= 0.6 is 23.1 Å². The van der Waals surface area contributed by atoms with Crippen molar-refractivity contribution in [1.82, 2.24) is 15.2 Å². The molecule has 12 heteroatoms. The SMILES string of the molecule is C[C@H]1OC(=O)C2=C1CS[C@@H]1[C@H](NC(=O)/C(=N\O)c3csc(N)n3)C(=O)N21. The van der Waals surface area contributed by atoms with E-state index in [1.807, 2.05) is 0 Å².